The Morgan fingerprint density at radius 1 is 1.13 bits per heavy atom. The van der Waals surface area contributed by atoms with Gasteiger partial charge in [-0.25, -0.2) is 0 Å². The van der Waals surface area contributed by atoms with Crippen LogP contribution < -0.4 is 10.6 Å². The minimum absolute atomic E-state index is 0.0629. The molecule has 0 bridgehead atoms. The second-order valence-corrected chi connectivity index (χ2v) is 8.12. The summed E-state index contributed by atoms with van der Waals surface area (Å²) in [5.41, 5.74) is 1.31. The maximum absolute atomic E-state index is 12.2. The van der Waals surface area contributed by atoms with Gasteiger partial charge in [0.25, 0.3) is 0 Å². The van der Waals surface area contributed by atoms with Crippen molar-refractivity contribution in [2.24, 2.45) is 10.9 Å². The van der Waals surface area contributed by atoms with E-state index in [0.717, 1.165) is 57.0 Å². The second-order valence-electron chi connectivity index (χ2n) is 8.12. The Bertz CT molecular complexity index is 779. The summed E-state index contributed by atoms with van der Waals surface area (Å²) in [5.74, 6) is 2.10. The van der Waals surface area contributed by atoms with Gasteiger partial charge in [0.05, 0.1) is 6.26 Å². The number of nitrogens with one attached hydrogen (secondary N) is 2. The summed E-state index contributed by atoms with van der Waals surface area (Å²) in [4.78, 5) is 19.0. The van der Waals surface area contributed by atoms with E-state index in [-0.39, 0.29) is 11.8 Å². The lowest BCUT2D eigenvalue weighted by molar-refractivity contribution is -0.135. The van der Waals surface area contributed by atoms with E-state index in [2.05, 4.69) is 34.9 Å². The third-order valence-corrected chi connectivity index (χ3v) is 5.40. The predicted molar refractivity (Wildman–Crippen MR) is 120 cm³/mol. The minimum atomic E-state index is 0.0629. The molecular weight excluding hydrogens is 376 g/mol. The third kappa shape index (κ3) is 6.94. The number of hydrogen-bond donors (Lipinski definition) is 2. The normalized spacial score (nSPS) is 15.4. The lowest BCUT2D eigenvalue weighted by Crippen LogP contribution is -2.50. The van der Waals surface area contributed by atoms with Gasteiger partial charge in [-0.2, -0.15) is 0 Å². The maximum Gasteiger partial charge on any atom is 0.225 e. The van der Waals surface area contributed by atoms with Crippen LogP contribution in [-0.2, 0) is 17.6 Å². The van der Waals surface area contributed by atoms with Crippen LogP contribution >= 0.6 is 0 Å². The number of rotatable bonds is 8. The average molecular weight is 411 g/mol. The Morgan fingerprint density at radius 2 is 1.90 bits per heavy atom. The highest BCUT2D eigenvalue weighted by Crippen LogP contribution is 2.13. The first kappa shape index (κ1) is 21.9. The Hall–Kier alpha value is -2.76. The van der Waals surface area contributed by atoms with Gasteiger partial charge in [-0.1, -0.05) is 44.2 Å². The van der Waals surface area contributed by atoms with Gasteiger partial charge in [-0.15, -0.1) is 0 Å². The second kappa shape index (κ2) is 11.4. The smallest absolute Gasteiger partial charge is 0.225 e. The largest absolute Gasteiger partial charge is 0.469 e. The highest BCUT2D eigenvalue weighted by molar-refractivity contribution is 5.80. The van der Waals surface area contributed by atoms with Gasteiger partial charge in [-0.05, 0) is 37.0 Å². The predicted octanol–water partition coefficient (Wildman–Crippen LogP) is 3.25. The fraction of sp³-hybridized carbons (Fsp3) is 0.500. The van der Waals surface area contributed by atoms with Crippen molar-refractivity contribution < 1.29 is 9.21 Å². The van der Waals surface area contributed by atoms with Gasteiger partial charge in [0, 0.05) is 44.6 Å². The molecular formula is C24H34N4O2. The van der Waals surface area contributed by atoms with Crippen LogP contribution in [0.2, 0.25) is 0 Å². The number of carbonyl (C=O) groups is 1. The molecule has 2 aromatic rings. The van der Waals surface area contributed by atoms with Crippen molar-refractivity contribution in [3.63, 3.8) is 0 Å². The molecule has 1 aliphatic heterocycles. The van der Waals surface area contributed by atoms with Crippen LogP contribution in [0.25, 0.3) is 0 Å². The SMILES string of the molecule is CC(C)C(=O)N1CCC(NC(=NCCc2ccco2)NCCc2ccccc2)CC1. The first-order chi connectivity index (χ1) is 14.6. The van der Waals surface area contributed by atoms with Crippen molar-refractivity contribution in [2.45, 2.75) is 45.6 Å². The lowest BCUT2D eigenvalue weighted by Gasteiger charge is -2.34. The third-order valence-electron chi connectivity index (χ3n) is 5.40. The lowest BCUT2D eigenvalue weighted by atomic mass is 10.0. The number of amides is 1. The maximum atomic E-state index is 12.2. The van der Waals surface area contributed by atoms with E-state index >= 15 is 0 Å². The molecule has 30 heavy (non-hydrogen) atoms. The summed E-state index contributed by atoms with van der Waals surface area (Å²) < 4.78 is 5.41. The zero-order chi connectivity index (χ0) is 21.2. The topological polar surface area (TPSA) is 69.9 Å². The van der Waals surface area contributed by atoms with E-state index in [4.69, 9.17) is 9.41 Å². The first-order valence-corrected chi connectivity index (χ1v) is 11.0. The Morgan fingerprint density at radius 3 is 2.57 bits per heavy atom. The van der Waals surface area contributed by atoms with Crippen molar-refractivity contribution in [2.75, 3.05) is 26.2 Å². The number of nitrogens with zero attached hydrogens (tertiary/aromatic N) is 2. The summed E-state index contributed by atoms with van der Waals surface area (Å²) in [5, 5.41) is 7.06. The molecule has 0 atom stereocenters. The summed E-state index contributed by atoms with van der Waals surface area (Å²) in [6.45, 7) is 7.02. The van der Waals surface area contributed by atoms with Gasteiger partial charge in [0.1, 0.15) is 5.76 Å². The first-order valence-electron chi connectivity index (χ1n) is 11.0. The van der Waals surface area contributed by atoms with Crippen molar-refractivity contribution in [1.82, 2.24) is 15.5 Å². The van der Waals surface area contributed by atoms with Crippen LogP contribution in [0.4, 0.5) is 0 Å². The molecule has 162 valence electrons. The quantitative estimate of drug-likeness (QED) is 0.518. The minimum Gasteiger partial charge on any atom is -0.469 e. The summed E-state index contributed by atoms with van der Waals surface area (Å²) in [7, 11) is 0. The van der Waals surface area contributed by atoms with Gasteiger partial charge in [0.2, 0.25) is 5.91 Å². The van der Waals surface area contributed by atoms with Crippen molar-refractivity contribution in [1.29, 1.82) is 0 Å². The number of furan rings is 1. The molecule has 1 saturated heterocycles. The number of carbonyl (C=O) groups excluding carboxylic acids is 1. The highest BCUT2D eigenvalue weighted by atomic mass is 16.3. The average Bonchev–Trinajstić information content (AvgIpc) is 3.28. The molecule has 0 radical (unpaired) electrons. The summed E-state index contributed by atoms with van der Waals surface area (Å²) >= 11 is 0. The molecule has 0 saturated carbocycles. The van der Waals surface area contributed by atoms with E-state index in [1.807, 2.05) is 36.9 Å². The van der Waals surface area contributed by atoms with Crippen LogP contribution in [0.3, 0.4) is 0 Å². The number of aliphatic imine (C=N–C) groups is 1. The van der Waals surface area contributed by atoms with E-state index in [1.54, 1.807) is 6.26 Å². The molecule has 0 spiro atoms. The van der Waals surface area contributed by atoms with Crippen molar-refractivity contribution >= 4 is 11.9 Å². The van der Waals surface area contributed by atoms with Gasteiger partial charge < -0.3 is 20.0 Å². The molecule has 6 heteroatoms. The highest BCUT2D eigenvalue weighted by Gasteiger charge is 2.24. The molecule has 0 aliphatic carbocycles. The van der Waals surface area contributed by atoms with Crippen molar-refractivity contribution in [3.05, 3.63) is 60.1 Å². The Kier molecular flexibility index (Phi) is 8.36. The van der Waals surface area contributed by atoms with E-state index < -0.39 is 0 Å². The van der Waals surface area contributed by atoms with E-state index in [1.165, 1.54) is 5.56 Å². The number of benzene rings is 1. The molecule has 1 amide bonds. The number of hydrogen-bond acceptors (Lipinski definition) is 3. The molecule has 2 heterocycles. The molecule has 0 unspecified atom stereocenters. The number of guanidine groups is 1. The van der Waals surface area contributed by atoms with Crippen LogP contribution in [0.5, 0.6) is 0 Å². The fourth-order valence-electron chi connectivity index (χ4n) is 3.66. The van der Waals surface area contributed by atoms with Crippen molar-refractivity contribution in [3.8, 4) is 0 Å². The Labute approximate surface area is 179 Å². The van der Waals surface area contributed by atoms with Gasteiger partial charge >= 0.3 is 0 Å². The van der Waals surface area contributed by atoms with E-state index in [0.29, 0.717) is 12.6 Å². The molecule has 6 nitrogen and oxygen atoms in total. The molecule has 1 aromatic heterocycles. The number of likely N-dealkylation sites (tertiary alicyclic amines) is 1. The Balaban J connectivity index is 1.51. The van der Waals surface area contributed by atoms with Crippen LogP contribution in [0.1, 0.15) is 38.0 Å². The monoisotopic (exact) mass is 410 g/mol. The van der Waals surface area contributed by atoms with Gasteiger partial charge in [0.15, 0.2) is 5.96 Å². The molecule has 1 fully saturated rings. The molecule has 3 rings (SSSR count). The standard InChI is InChI=1S/C24H34N4O2/c1-19(2)23(29)28-16-12-21(13-17-28)27-24(26-15-11-22-9-6-18-30-22)25-14-10-20-7-4-3-5-8-20/h3-9,18-19,21H,10-17H2,1-2H3,(H2,25,26,27). The zero-order valence-electron chi connectivity index (χ0n) is 18.1. The summed E-state index contributed by atoms with van der Waals surface area (Å²) in [6.07, 6.45) is 5.30. The molecule has 1 aliphatic rings. The fourth-order valence-corrected chi connectivity index (χ4v) is 3.66. The molecule has 2 N–H and O–H groups in total. The van der Waals surface area contributed by atoms with Crippen LogP contribution in [-0.4, -0.2) is 49.0 Å². The molecule has 1 aromatic carbocycles. The zero-order valence-corrected chi connectivity index (χ0v) is 18.1. The van der Waals surface area contributed by atoms with E-state index in [9.17, 15) is 4.79 Å². The van der Waals surface area contributed by atoms with Crippen LogP contribution in [0.15, 0.2) is 58.1 Å². The van der Waals surface area contributed by atoms with Gasteiger partial charge in [-0.3, -0.25) is 9.79 Å². The summed E-state index contributed by atoms with van der Waals surface area (Å²) in [6, 6.07) is 14.7. The number of piperidine rings is 1. The van der Waals surface area contributed by atoms with Crippen LogP contribution in [0, 0.1) is 5.92 Å².